The lowest BCUT2D eigenvalue weighted by Crippen LogP contribution is -2.46. The number of pyridine rings is 1. The lowest BCUT2D eigenvalue weighted by molar-refractivity contribution is -0.127. The molecule has 0 radical (unpaired) electrons. The van der Waals surface area contributed by atoms with Gasteiger partial charge >= 0.3 is 0 Å². The van der Waals surface area contributed by atoms with E-state index in [-0.39, 0.29) is 17.9 Å². The zero-order chi connectivity index (χ0) is 23.3. The van der Waals surface area contributed by atoms with E-state index in [1.807, 2.05) is 65.4 Å². The van der Waals surface area contributed by atoms with Crippen LogP contribution in [0.25, 0.3) is 10.9 Å². The van der Waals surface area contributed by atoms with Gasteiger partial charge in [-0.15, -0.1) is 22.7 Å². The van der Waals surface area contributed by atoms with E-state index in [1.54, 1.807) is 22.4 Å². The van der Waals surface area contributed by atoms with Gasteiger partial charge in [0.15, 0.2) is 0 Å². The van der Waals surface area contributed by atoms with Crippen LogP contribution in [0.1, 0.15) is 58.3 Å². The molecular formula is C27H27N3O2S2. The molecule has 0 bridgehead atoms. The normalized spacial score (nSPS) is 15.2. The van der Waals surface area contributed by atoms with Gasteiger partial charge in [-0.1, -0.05) is 43.5 Å². The molecule has 1 aliphatic carbocycles. The maximum Gasteiger partial charge on any atom is 0.265 e. The van der Waals surface area contributed by atoms with Gasteiger partial charge in [0.05, 0.1) is 16.9 Å². The number of hydrogen-bond donors (Lipinski definition) is 1. The quantitative estimate of drug-likeness (QED) is 0.337. The number of nitrogens with one attached hydrogen (secondary N) is 1. The van der Waals surface area contributed by atoms with E-state index >= 15 is 0 Å². The fourth-order valence-electron chi connectivity index (χ4n) is 4.66. The van der Waals surface area contributed by atoms with Crippen molar-refractivity contribution < 1.29 is 9.59 Å². The summed E-state index contributed by atoms with van der Waals surface area (Å²) in [7, 11) is 0. The second-order valence-electron chi connectivity index (χ2n) is 8.69. The number of carbonyl (C=O) groups is 2. The third-order valence-electron chi connectivity index (χ3n) is 6.35. The van der Waals surface area contributed by atoms with Gasteiger partial charge in [-0.05, 0) is 59.5 Å². The molecule has 0 saturated heterocycles. The van der Waals surface area contributed by atoms with Crippen molar-refractivity contribution in [2.45, 2.75) is 50.7 Å². The minimum Gasteiger partial charge on any atom is -0.351 e. The summed E-state index contributed by atoms with van der Waals surface area (Å²) in [6, 6.07) is 16.9. The molecule has 0 aliphatic heterocycles. The first kappa shape index (κ1) is 22.7. The fraction of sp³-hybridized carbons (Fsp3) is 0.296. The van der Waals surface area contributed by atoms with Crippen molar-refractivity contribution in [3.8, 4) is 0 Å². The lowest BCUT2D eigenvalue weighted by Gasteiger charge is -2.33. The molecule has 1 aliphatic rings. The first-order valence-corrected chi connectivity index (χ1v) is 13.5. The number of carbonyl (C=O) groups excluding carboxylic acids is 2. The molecule has 4 aromatic rings. The van der Waals surface area contributed by atoms with E-state index in [0.717, 1.165) is 47.0 Å². The van der Waals surface area contributed by atoms with Gasteiger partial charge in [-0.25, -0.2) is 0 Å². The molecule has 1 N–H and O–H groups in total. The molecule has 34 heavy (non-hydrogen) atoms. The first-order valence-electron chi connectivity index (χ1n) is 11.7. The van der Waals surface area contributed by atoms with E-state index in [1.165, 1.54) is 17.8 Å². The molecule has 174 valence electrons. The Hall–Kier alpha value is -3.03. The Morgan fingerprint density at radius 3 is 2.59 bits per heavy atom. The highest BCUT2D eigenvalue weighted by atomic mass is 32.1. The molecule has 3 aromatic heterocycles. The smallest absolute Gasteiger partial charge is 0.265 e. The molecule has 1 aromatic carbocycles. The van der Waals surface area contributed by atoms with Crippen LogP contribution in [0.5, 0.6) is 0 Å². The minimum absolute atomic E-state index is 0.114. The van der Waals surface area contributed by atoms with E-state index < -0.39 is 6.04 Å². The molecule has 1 atom stereocenters. The van der Waals surface area contributed by atoms with Gasteiger partial charge in [0, 0.05) is 22.5 Å². The van der Waals surface area contributed by atoms with Crippen LogP contribution >= 0.6 is 22.7 Å². The van der Waals surface area contributed by atoms with Gasteiger partial charge in [0.1, 0.15) is 6.04 Å². The molecule has 0 unspecified atom stereocenters. The second-order valence-corrected chi connectivity index (χ2v) is 10.7. The van der Waals surface area contributed by atoms with Crippen LogP contribution in [0.3, 0.4) is 0 Å². The van der Waals surface area contributed by atoms with Crippen molar-refractivity contribution >= 4 is 45.4 Å². The summed E-state index contributed by atoms with van der Waals surface area (Å²) in [5.41, 5.74) is 1.67. The summed E-state index contributed by atoms with van der Waals surface area (Å²) in [4.78, 5) is 35.5. The highest BCUT2D eigenvalue weighted by Crippen LogP contribution is 2.30. The number of aromatic nitrogens is 1. The lowest BCUT2D eigenvalue weighted by atomic mass is 9.94. The number of rotatable bonds is 7. The second kappa shape index (κ2) is 10.5. The maximum atomic E-state index is 13.9. The largest absolute Gasteiger partial charge is 0.351 e. The SMILES string of the molecule is O=C(NC1CCCCC1)[C@@H](c1ccc2ncccc2c1)N(Cc1cccs1)C(=O)c1cccs1. The molecule has 5 rings (SSSR count). The summed E-state index contributed by atoms with van der Waals surface area (Å²) in [6.07, 6.45) is 7.22. The Balaban J connectivity index is 1.56. The molecule has 5 nitrogen and oxygen atoms in total. The Labute approximate surface area is 207 Å². The zero-order valence-corrected chi connectivity index (χ0v) is 20.5. The highest BCUT2D eigenvalue weighted by molar-refractivity contribution is 7.12. The van der Waals surface area contributed by atoms with Crippen molar-refractivity contribution in [3.05, 3.63) is 86.9 Å². The van der Waals surface area contributed by atoms with Crippen molar-refractivity contribution in [2.24, 2.45) is 0 Å². The maximum absolute atomic E-state index is 13.9. The van der Waals surface area contributed by atoms with Crippen LogP contribution in [0, 0.1) is 0 Å². The predicted octanol–water partition coefficient (Wildman–Crippen LogP) is 6.19. The van der Waals surface area contributed by atoms with Gasteiger partial charge in [0.25, 0.3) is 5.91 Å². The number of hydrogen-bond acceptors (Lipinski definition) is 5. The van der Waals surface area contributed by atoms with Gasteiger partial charge in [-0.2, -0.15) is 0 Å². The fourth-order valence-corrected chi connectivity index (χ4v) is 6.04. The molecule has 1 saturated carbocycles. The Kier molecular flexibility index (Phi) is 7.02. The summed E-state index contributed by atoms with van der Waals surface area (Å²) < 4.78 is 0. The third-order valence-corrected chi connectivity index (χ3v) is 8.07. The Bertz CT molecular complexity index is 1250. The Morgan fingerprint density at radius 2 is 1.82 bits per heavy atom. The predicted molar refractivity (Wildman–Crippen MR) is 138 cm³/mol. The summed E-state index contributed by atoms with van der Waals surface area (Å²) in [5.74, 6) is -0.241. The number of benzene rings is 1. The van der Waals surface area contributed by atoms with Crippen LogP contribution in [0.15, 0.2) is 71.6 Å². The first-order chi connectivity index (χ1) is 16.7. The highest BCUT2D eigenvalue weighted by Gasteiger charge is 2.34. The van der Waals surface area contributed by atoms with E-state index in [4.69, 9.17) is 0 Å². The van der Waals surface area contributed by atoms with Crippen molar-refractivity contribution in [1.82, 2.24) is 15.2 Å². The van der Waals surface area contributed by atoms with Crippen LogP contribution in [-0.4, -0.2) is 27.7 Å². The van der Waals surface area contributed by atoms with Crippen molar-refractivity contribution in [2.75, 3.05) is 0 Å². The molecule has 3 heterocycles. The van der Waals surface area contributed by atoms with Crippen LogP contribution in [0.2, 0.25) is 0 Å². The zero-order valence-electron chi connectivity index (χ0n) is 18.9. The number of amides is 2. The number of nitrogens with zero attached hydrogens (tertiary/aromatic N) is 2. The van der Waals surface area contributed by atoms with Crippen LogP contribution in [0.4, 0.5) is 0 Å². The van der Waals surface area contributed by atoms with E-state index in [9.17, 15) is 9.59 Å². The molecular weight excluding hydrogens is 462 g/mol. The average molecular weight is 490 g/mol. The summed E-state index contributed by atoms with van der Waals surface area (Å²) >= 11 is 3.00. The topological polar surface area (TPSA) is 62.3 Å². The van der Waals surface area contributed by atoms with Gasteiger partial charge in [0.2, 0.25) is 5.91 Å². The summed E-state index contributed by atoms with van der Waals surface area (Å²) in [5, 5.41) is 8.14. The average Bonchev–Trinajstić information content (AvgIpc) is 3.58. The van der Waals surface area contributed by atoms with Gasteiger partial charge in [-0.3, -0.25) is 14.6 Å². The molecule has 1 fully saturated rings. The molecule has 7 heteroatoms. The Morgan fingerprint density at radius 1 is 1.00 bits per heavy atom. The summed E-state index contributed by atoms with van der Waals surface area (Å²) in [6.45, 7) is 0.377. The van der Waals surface area contributed by atoms with E-state index in [2.05, 4.69) is 10.3 Å². The van der Waals surface area contributed by atoms with Crippen molar-refractivity contribution in [1.29, 1.82) is 0 Å². The monoisotopic (exact) mass is 489 g/mol. The number of thiophene rings is 2. The minimum atomic E-state index is -0.733. The van der Waals surface area contributed by atoms with Crippen LogP contribution in [-0.2, 0) is 11.3 Å². The standard InChI is InChI=1S/C27H27N3O2S2/c31-26(29-21-8-2-1-3-9-21)25(20-12-13-23-19(17-20)7-4-14-28-23)30(18-22-10-5-15-33-22)27(32)24-11-6-16-34-24/h4-7,10-17,21,25H,1-3,8-9,18H2,(H,29,31)/t25-/m1/s1. The van der Waals surface area contributed by atoms with Gasteiger partial charge < -0.3 is 10.2 Å². The molecule has 2 amide bonds. The third kappa shape index (κ3) is 5.05. The number of fused-ring (bicyclic) bond motifs is 1. The van der Waals surface area contributed by atoms with Crippen LogP contribution < -0.4 is 5.32 Å². The van der Waals surface area contributed by atoms with E-state index in [0.29, 0.717) is 11.4 Å². The van der Waals surface area contributed by atoms with Crippen molar-refractivity contribution in [3.63, 3.8) is 0 Å². The molecule has 0 spiro atoms.